The number of azo groups is 2. The van der Waals surface area contributed by atoms with E-state index in [9.17, 15) is 75.1 Å². The van der Waals surface area contributed by atoms with Gasteiger partial charge in [-0.05, 0) is 94.6 Å². The minimum absolute atomic E-state index is 0.00614. The van der Waals surface area contributed by atoms with Gasteiger partial charge in [-0.2, -0.15) is 72.0 Å². The number of nitrogens with one attached hydrogen (secondary N) is 4. The van der Waals surface area contributed by atoms with E-state index >= 15 is 0 Å². The summed E-state index contributed by atoms with van der Waals surface area (Å²) in [4.78, 5) is 19.6. The Labute approximate surface area is 475 Å². The predicted octanol–water partition coefficient (Wildman–Crippen LogP) is 6.54. The van der Waals surface area contributed by atoms with Gasteiger partial charge in [-0.1, -0.05) is 0 Å². The van der Waals surface area contributed by atoms with Crippen LogP contribution < -0.4 is 36.9 Å². The van der Waals surface area contributed by atoms with Crippen molar-refractivity contribution in [3.63, 3.8) is 0 Å². The van der Waals surface area contributed by atoms with Crippen LogP contribution in [-0.4, -0.2) is 118 Å². The van der Waals surface area contributed by atoms with Crippen LogP contribution in [0, 0.1) is 0 Å². The molecule has 0 aliphatic rings. The number of nitrogens with two attached hydrogens (primary N) is 2. The lowest BCUT2D eigenvalue weighted by Crippen LogP contribution is -2.17. The number of rotatable bonds is 19. The minimum atomic E-state index is -5.17. The molecule has 0 bridgehead atoms. The smallest absolute Gasteiger partial charge is 0.296 e. The van der Waals surface area contributed by atoms with Gasteiger partial charge >= 0.3 is 0 Å². The minimum Gasteiger partial charge on any atom is -0.507 e. The fourth-order valence-electron chi connectivity index (χ4n) is 7.31. The molecular formula is C40H32Cl2N16O18S6. The Bertz CT molecular complexity index is 4650. The van der Waals surface area contributed by atoms with Crippen LogP contribution in [-0.2, 0) is 50.6 Å². The zero-order valence-electron chi connectivity index (χ0n) is 39.8. The van der Waals surface area contributed by atoms with Crippen molar-refractivity contribution in [3.8, 4) is 17.2 Å². The molecule has 0 saturated carbocycles. The molecule has 0 saturated heterocycles. The van der Waals surface area contributed by atoms with E-state index in [-0.39, 0.29) is 75.3 Å². The third-order valence-corrected chi connectivity index (χ3v) is 15.6. The molecule has 15 N–H and O–H groups in total. The lowest BCUT2D eigenvalue weighted by atomic mass is 10.1. The number of phenols is 2. The summed E-state index contributed by atoms with van der Waals surface area (Å²) >= 11 is 15.9. The summed E-state index contributed by atoms with van der Waals surface area (Å²) in [6.45, 7) is -0.0152. The highest BCUT2D eigenvalue weighted by Gasteiger charge is 2.27. The van der Waals surface area contributed by atoms with Crippen LogP contribution >= 0.6 is 36.1 Å². The maximum absolute atomic E-state index is 12.6. The Kier molecular flexibility index (Phi) is 16.5. The number of phenolic OH excluding ortho intramolecular Hbond substituents is 2. The Morgan fingerprint density at radius 2 is 0.878 bits per heavy atom. The molecule has 8 aromatic rings. The lowest BCUT2D eigenvalue weighted by molar-refractivity contribution is 0.471. The number of fused-ring (bicyclic) bond motifs is 2. The first-order valence-electron chi connectivity index (χ1n) is 21.5. The number of halogens is 2. The molecule has 0 unspecified atom stereocenters. The Hall–Kier alpha value is -8.26. The first-order chi connectivity index (χ1) is 38.2. The fraction of sp³-hybridized carbons (Fsp3) is 0.0500. The molecule has 0 fully saturated rings. The standard InChI is InChI=1S/C40H32Cl2N16O18S6/c41-35-49-37(53-39(51-35)47-17-1-3-21(25(11-17)79(64,65)66)55-57-33-29-15(7-19(76-77)13-23(29)59)9-27(31(33)43)81(70,71)72)45-5-6-46-38-50-36(42)52-40(54-38)48-18-2-4-22(26(12-18)80(67,68)69)56-58-34-30-16(10-28(32(34)44)82(73,74)75)8-20(14-24(30)60)78(61,62)63/h1-4,7-14,59-60,77H,5-6,43-44H2,(H,61,62,63)(H,64,65,66)(H,67,68,69)(H,70,71,72)(H,73,74,75)(H2,45,47,49,51,53)(H2,46,48,50,52,54)/b57-55+,58-56+. The van der Waals surface area contributed by atoms with Gasteiger partial charge in [0, 0.05) is 49.5 Å². The van der Waals surface area contributed by atoms with E-state index < -0.39 is 131 Å². The molecule has 34 nitrogen and oxygen atoms in total. The highest BCUT2D eigenvalue weighted by Crippen LogP contribution is 2.46. The van der Waals surface area contributed by atoms with Gasteiger partial charge in [-0.25, -0.2) is 0 Å². The Balaban J connectivity index is 0.965. The van der Waals surface area contributed by atoms with Crippen molar-refractivity contribution in [1.29, 1.82) is 0 Å². The van der Waals surface area contributed by atoms with Crippen molar-refractivity contribution in [3.05, 3.63) is 83.4 Å². The Morgan fingerprint density at radius 3 is 1.27 bits per heavy atom. The van der Waals surface area contributed by atoms with Gasteiger partial charge in [0.1, 0.15) is 59.6 Å². The number of nitrogens with zero attached hydrogens (tertiary/aromatic N) is 10. The molecule has 0 spiro atoms. The van der Waals surface area contributed by atoms with Crippen molar-refractivity contribution in [2.24, 2.45) is 20.5 Å². The molecule has 0 atom stereocenters. The number of aromatic nitrogens is 6. The van der Waals surface area contributed by atoms with Gasteiger partial charge in [0.15, 0.2) is 0 Å². The third kappa shape index (κ3) is 13.6. The van der Waals surface area contributed by atoms with Crippen molar-refractivity contribution < 1.29 is 79.2 Å². The number of hydrogen-bond acceptors (Lipinski definition) is 30. The molecule has 430 valence electrons. The monoisotopic (exact) mass is 1290 g/mol. The van der Waals surface area contributed by atoms with Crippen LogP contribution in [0.5, 0.6) is 17.2 Å². The summed E-state index contributed by atoms with van der Waals surface area (Å²) in [5, 5.41) is 45.8. The van der Waals surface area contributed by atoms with Gasteiger partial charge in [0.05, 0.1) is 27.0 Å². The molecule has 8 rings (SSSR count). The highest BCUT2D eigenvalue weighted by molar-refractivity contribution is 7.87. The molecule has 2 heterocycles. The molecule has 82 heavy (non-hydrogen) atoms. The van der Waals surface area contributed by atoms with Gasteiger partial charge in [0.25, 0.3) is 50.6 Å². The number of benzene rings is 6. The van der Waals surface area contributed by atoms with Crippen LogP contribution in [0.1, 0.15) is 0 Å². The van der Waals surface area contributed by atoms with Gasteiger partial charge < -0.3 is 47.1 Å². The van der Waals surface area contributed by atoms with E-state index in [1.807, 2.05) is 0 Å². The molecular weight excluding hydrogens is 1260 g/mol. The second-order valence-electron chi connectivity index (χ2n) is 16.2. The van der Waals surface area contributed by atoms with E-state index in [0.29, 0.717) is 18.2 Å². The van der Waals surface area contributed by atoms with E-state index in [1.54, 1.807) is 0 Å². The van der Waals surface area contributed by atoms with Crippen molar-refractivity contribution in [2.45, 2.75) is 24.5 Å². The third-order valence-electron chi connectivity index (χ3n) is 10.7. The molecule has 42 heteroatoms. The van der Waals surface area contributed by atoms with Gasteiger partial charge in [0.2, 0.25) is 34.4 Å². The van der Waals surface area contributed by atoms with Crippen LogP contribution in [0.25, 0.3) is 21.5 Å². The normalized spacial score (nSPS) is 12.6. The predicted molar refractivity (Wildman–Crippen MR) is 293 cm³/mol. The number of aromatic hydroxyl groups is 2. The maximum atomic E-state index is 12.6. The highest BCUT2D eigenvalue weighted by atomic mass is 35.5. The second-order valence-corrected chi connectivity index (χ2v) is 24.0. The summed E-state index contributed by atoms with van der Waals surface area (Å²) in [5.41, 5.74) is 7.89. The second kappa shape index (κ2) is 22.6. The van der Waals surface area contributed by atoms with Crippen molar-refractivity contribution in [1.82, 2.24) is 29.9 Å². The maximum Gasteiger partial charge on any atom is 0.296 e. The number of thiol groups is 1. The van der Waals surface area contributed by atoms with Crippen molar-refractivity contribution >= 4 is 178 Å². The van der Waals surface area contributed by atoms with Crippen LogP contribution in [0.2, 0.25) is 10.6 Å². The van der Waals surface area contributed by atoms with E-state index in [4.69, 9.17) is 38.9 Å². The number of hydrogen-bond donors (Lipinski definition) is 14. The van der Waals surface area contributed by atoms with Gasteiger partial charge in [-0.3, -0.25) is 22.8 Å². The summed E-state index contributed by atoms with van der Waals surface area (Å²) in [6, 6.07) is 11.4. The van der Waals surface area contributed by atoms with Gasteiger partial charge in [-0.15, -0.1) is 20.5 Å². The summed E-state index contributed by atoms with van der Waals surface area (Å²) < 4.78 is 177. The van der Waals surface area contributed by atoms with Crippen LogP contribution in [0.4, 0.5) is 69.3 Å². The summed E-state index contributed by atoms with van der Waals surface area (Å²) in [7, 11) is -25.4. The van der Waals surface area contributed by atoms with E-state index in [0.717, 1.165) is 36.4 Å². The molecule has 6 aromatic carbocycles. The number of anilines is 8. The zero-order valence-corrected chi connectivity index (χ0v) is 46.3. The van der Waals surface area contributed by atoms with Crippen LogP contribution in [0.15, 0.2) is 118 Å². The largest absolute Gasteiger partial charge is 0.507 e. The summed E-state index contributed by atoms with van der Waals surface area (Å²) in [6.07, 6.45) is 0. The fourth-order valence-corrected chi connectivity index (χ4v) is 10.9. The molecule has 0 aliphatic heterocycles. The van der Waals surface area contributed by atoms with Crippen molar-refractivity contribution in [2.75, 3.05) is 45.8 Å². The quantitative estimate of drug-likeness (QED) is 0.0102. The van der Waals surface area contributed by atoms with E-state index in [2.05, 4.69) is 84.5 Å². The molecule has 0 aliphatic carbocycles. The first kappa shape index (κ1) is 59.9. The molecule has 0 radical (unpaired) electrons. The molecule has 2 aromatic heterocycles. The average Bonchev–Trinajstić information content (AvgIpc) is 2.78. The molecule has 0 amide bonds. The lowest BCUT2D eigenvalue weighted by Gasteiger charge is -2.13. The number of nitrogen functional groups attached to an aromatic ring is 2. The first-order valence-corrected chi connectivity index (χ1v) is 29.8. The topological polar surface area (TPSA) is 548 Å². The SMILES string of the molecule is Nc1c(S(=O)(=O)O)cc2cc(OS)cc(O)c2c1/N=N/c1ccc(Nc2nc(Cl)nc(NCCNc3nc(Cl)nc(Nc4ccc(/N=N/c5c(N)c(S(=O)(=O)O)cc6cc(S(=O)(=O)O)cc(O)c56)c(S(=O)(=O)O)c4)n3)n2)cc1S(=O)(=O)O. The average molecular weight is 1290 g/mol. The Morgan fingerprint density at radius 1 is 0.488 bits per heavy atom. The van der Waals surface area contributed by atoms with Crippen LogP contribution in [0.3, 0.4) is 0 Å². The summed E-state index contributed by atoms with van der Waals surface area (Å²) in [5.74, 6) is -2.37. The zero-order chi connectivity index (χ0) is 60.0. The van der Waals surface area contributed by atoms with E-state index in [1.165, 1.54) is 18.2 Å².